The first kappa shape index (κ1) is 11.5. The average Bonchev–Trinajstić information content (AvgIpc) is 2.28. The Morgan fingerprint density at radius 3 is 2.73 bits per heavy atom. The minimum absolute atomic E-state index is 0.470. The molecule has 0 bridgehead atoms. The van der Waals surface area contributed by atoms with Gasteiger partial charge >= 0.3 is 5.97 Å². The highest BCUT2D eigenvalue weighted by Gasteiger charge is 2.19. The van der Waals surface area contributed by atoms with E-state index < -0.39 is 12.0 Å². The number of carbonyl (C=O) groups is 1. The molecule has 4 heteroatoms. The Labute approximate surface area is 89.0 Å². The van der Waals surface area contributed by atoms with Crippen LogP contribution in [-0.4, -0.2) is 19.7 Å². The fraction of sp³-hybridized carbons (Fsp3) is 0.364. The van der Waals surface area contributed by atoms with Gasteiger partial charge in [-0.3, -0.25) is 4.79 Å². The third-order valence-electron chi connectivity index (χ3n) is 2.01. The van der Waals surface area contributed by atoms with E-state index in [4.69, 9.17) is 10.5 Å². The minimum atomic E-state index is -0.794. The summed E-state index contributed by atoms with van der Waals surface area (Å²) in [5.74, 6) is 0.153. The van der Waals surface area contributed by atoms with Crippen LogP contribution < -0.4 is 10.5 Å². The van der Waals surface area contributed by atoms with Crippen LogP contribution in [0, 0.1) is 0 Å². The van der Waals surface area contributed by atoms with Crippen molar-refractivity contribution in [1.82, 2.24) is 0 Å². The van der Waals surface area contributed by atoms with Crippen LogP contribution in [0.25, 0.3) is 0 Å². The second-order valence-corrected chi connectivity index (χ2v) is 2.97. The molecule has 0 spiro atoms. The number of hydrogen-bond donors (Lipinski definition) is 1. The SMILES string of the molecule is CCOc1ccccc1[C@@H](N)C(=O)OC. The smallest absolute Gasteiger partial charge is 0.327 e. The molecule has 15 heavy (non-hydrogen) atoms. The lowest BCUT2D eigenvalue weighted by atomic mass is 10.1. The maximum Gasteiger partial charge on any atom is 0.327 e. The molecular formula is C11H15NO3. The molecule has 0 fully saturated rings. The van der Waals surface area contributed by atoms with Crippen molar-refractivity contribution < 1.29 is 14.3 Å². The van der Waals surface area contributed by atoms with Crippen LogP contribution in [0.15, 0.2) is 24.3 Å². The van der Waals surface area contributed by atoms with E-state index in [1.807, 2.05) is 13.0 Å². The molecule has 0 radical (unpaired) electrons. The molecule has 0 saturated carbocycles. The van der Waals surface area contributed by atoms with Crippen molar-refractivity contribution in [3.8, 4) is 5.75 Å². The van der Waals surface area contributed by atoms with Crippen LogP contribution >= 0.6 is 0 Å². The summed E-state index contributed by atoms with van der Waals surface area (Å²) in [5, 5.41) is 0. The van der Waals surface area contributed by atoms with Crippen molar-refractivity contribution >= 4 is 5.97 Å². The third kappa shape index (κ3) is 2.70. The summed E-state index contributed by atoms with van der Waals surface area (Å²) >= 11 is 0. The first-order chi connectivity index (χ1) is 7.20. The molecular weight excluding hydrogens is 194 g/mol. The number of nitrogens with two attached hydrogens (primary N) is 1. The molecule has 1 aromatic carbocycles. The van der Waals surface area contributed by atoms with Gasteiger partial charge in [-0.15, -0.1) is 0 Å². The van der Waals surface area contributed by atoms with Gasteiger partial charge in [0.15, 0.2) is 0 Å². The van der Waals surface area contributed by atoms with Crippen LogP contribution in [0.3, 0.4) is 0 Å². The summed E-state index contributed by atoms with van der Waals surface area (Å²) in [6, 6.07) is 6.38. The monoisotopic (exact) mass is 209 g/mol. The molecule has 0 saturated heterocycles. The number of benzene rings is 1. The zero-order valence-corrected chi connectivity index (χ0v) is 8.90. The Hall–Kier alpha value is -1.55. The molecule has 1 rings (SSSR count). The Kier molecular flexibility index (Phi) is 4.12. The van der Waals surface area contributed by atoms with Gasteiger partial charge in [0.05, 0.1) is 13.7 Å². The summed E-state index contributed by atoms with van der Waals surface area (Å²) in [6.07, 6.45) is 0. The summed E-state index contributed by atoms with van der Waals surface area (Å²) < 4.78 is 9.95. The van der Waals surface area contributed by atoms with Gasteiger partial charge < -0.3 is 15.2 Å². The number of para-hydroxylation sites is 1. The van der Waals surface area contributed by atoms with Crippen LogP contribution in [0.2, 0.25) is 0 Å². The number of methoxy groups -OCH3 is 1. The quantitative estimate of drug-likeness (QED) is 0.758. The number of esters is 1. The van der Waals surface area contributed by atoms with Crippen molar-refractivity contribution in [3.63, 3.8) is 0 Å². The second kappa shape index (κ2) is 5.36. The highest BCUT2D eigenvalue weighted by molar-refractivity contribution is 5.78. The van der Waals surface area contributed by atoms with Gasteiger partial charge in [-0.1, -0.05) is 18.2 Å². The molecule has 4 nitrogen and oxygen atoms in total. The maximum absolute atomic E-state index is 11.3. The molecule has 2 N–H and O–H groups in total. The minimum Gasteiger partial charge on any atom is -0.494 e. The van der Waals surface area contributed by atoms with E-state index in [0.29, 0.717) is 17.9 Å². The van der Waals surface area contributed by atoms with Gasteiger partial charge in [-0.25, -0.2) is 0 Å². The van der Waals surface area contributed by atoms with E-state index in [9.17, 15) is 4.79 Å². The summed E-state index contributed by atoms with van der Waals surface area (Å²) in [6.45, 7) is 2.41. The normalized spacial score (nSPS) is 11.9. The third-order valence-corrected chi connectivity index (χ3v) is 2.01. The predicted octanol–water partition coefficient (Wildman–Crippen LogP) is 1.26. The van der Waals surface area contributed by atoms with Gasteiger partial charge in [0.1, 0.15) is 11.8 Å². The van der Waals surface area contributed by atoms with E-state index in [-0.39, 0.29) is 0 Å². The number of ether oxygens (including phenoxy) is 2. The lowest BCUT2D eigenvalue weighted by Crippen LogP contribution is -2.23. The molecule has 0 amide bonds. The topological polar surface area (TPSA) is 61.5 Å². The second-order valence-electron chi connectivity index (χ2n) is 2.97. The first-order valence-electron chi connectivity index (χ1n) is 4.75. The lowest BCUT2D eigenvalue weighted by Gasteiger charge is -2.14. The summed E-state index contributed by atoms with van der Waals surface area (Å²) in [5.41, 5.74) is 6.37. The Morgan fingerprint density at radius 2 is 2.13 bits per heavy atom. The van der Waals surface area contributed by atoms with E-state index >= 15 is 0 Å². The van der Waals surface area contributed by atoms with Crippen LogP contribution in [-0.2, 0) is 9.53 Å². The zero-order valence-electron chi connectivity index (χ0n) is 8.90. The van der Waals surface area contributed by atoms with Crippen molar-refractivity contribution in [2.24, 2.45) is 5.73 Å². The Bertz CT molecular complexity index is 338. The molecule has 0 heterocycles. The fourth-order valence-corrected chi connectivity index (χ4v) is 1.28. The highest BCUT2D eigenvalue weighted by atomic mass is 16.5. The van der Waals surface area contributed by atoms with Crippen LogP contribution in [0.4, 0.5) is 0 Å². The molecule has 0 unspecified atom stereocenters. The van der Waals surface area contributed by atoms with E-state index in [1.165, 1.54) is 7.11 Å². The maximum atomic E-state index is 11.3. The predicted molar refractivity (Wildman–Crippen MR) is 56.6 cm³/mol. The van der Waals surface area contributed by atoms with Gasteiger partial charge in [0.2, 0.25) is 0 Å². The fourth-order valence-electron chi connectivity index (χ4n) is 1.28. The first-order valence-corrected chi connectivity index (χ1v) is 4.75. The average molecular weight is 209 g/mol. The standard InChI is InChI=1S/C11H15NO3/c1-3-15-9-7-5-4-6-8(9)10(12)11(13)14-2/h4-7,10H,3,12H2,1-2H3/t10-/m1/s1. The van der Waals surface area contributed by atoms with Crippen LogP contribution in [0.5, 0.6) is 5.75 Å². The van der Waals surface area contributed by atoms with E-state index in [0.717, 1.165) is 0 Å². The van der Waals surface area contributed by atoms with Crippen molar-refractivity contribution in [3.05, 3.63) is 29.8 Å². The molecule has 0 aromatic heterocycles. The van der Waals surface area contributed by atoms with Crippen molar-refractivity contribution in [1.29, 1.82) is 0 Å². The number of rotatable bonds is 4. The van der Waals surface area contributed by atoms with Gasteiger partial charge in [0.25, 0.3) is 0 Å². The van der Waals surface area contributed by atoms with Gasteiger partial charge in [0, 0.05) is 5.56 Å². The molecule has 0 aliphatic heterocycles. The molecule has 0 aliphatic rings. The molecule has 82 valence electrons. The molecule has 1 aromatic rings. The van der Waals surface area contributed by atoms with Gasteiger partial charge in [-0.2, -0.15) is 0 Å². The Morgan fingerprint density at radius 1 is 1.47 bits per heavy atom. The van der Waals surface area contributed by atoms with Crippen molar-refractivity contribution in [2.75, 3.05) is 13.7 Å². The largest absolute Gasteiger partial charge is 0.494 e. The molecule has 1 atom stereocenters. The van der Waals surface area contributed by atoms with Gasteiger partial charge in [-0.05, 0) is 13.0 Å². The molecule has 0 aliphatic carbocycles. The number of carbonyl (C=O) groups excluding carboxylic acids is 1. The van der Waals surface area contributed by atoms with E-state index in [1.54, 1.807) is 18.2 Å². The zero-order chi connectivity index (χ0) is 11.3. The lowest BCUT2D eigenvalue weighted by molar-refractivity contribution is -0.142. The van der Waals surface area contributed by atoms with Crippen LogP contribution in [0.1, 0.15) is 18.5 Å². The highest BCUT2D eigenvalue weighted by Crippen LogP contribution is 2.24. The van der Waals surface area contributed by atoms with Crippen molar-refractivity contribution in [2.45, 2.75) is 13.0 Å². The summed E-state index contributed by atoms with van der Waals surface area (Å²) in [4.78, 5) is 11.3. The number of hydrogen-bond acceptors (Lipinski definition) is 4. The van der Waals surface area contributed by atoms with E-state index in [2.05, 4.69) is 4.74 Å². The Balaban J connectivity index is 2.96. The summed E-state index contributed by atoms with van der Waals surface area (Å²) in [7, 11) is 1.31.